The van der Waals surface area contributed by atoms with Gasteiger partial charge in [-0.25, -0.2) is 4.98 Å². The molecule has 4 aromatic rings. The number of aromatic hydroxyl groups is 1. The van der Waals surface area contributed by atoms with Crippen molar-refractivity contribution < 1.29 is 14.3 Å². The molecule has 4 rings (SSSR count). The van der Waals surface area contributed by atoms with Gasteiger partial charge in [0.1, 0.15) is 11.3 Å². The lowest BCUT2D eigenvalue weighted by Gasteiger charge is -2.04. The van der Waals surface area contributed by atoms with Gasteiger partial charge in [-0.15, -0.1) is 11.3 Å². The SMILES string of the molecule is COc1ccc2oc3c(O)cc(-c4cnc(C(C)C)s4)cc3c2c1Br. The topological polar surface area (TPSA) is 55.5 Å². The van der Waals surface area contributed by atoms with Gasteiger partial charge in [-0.3, -0.25) is 0 Å². The van der Waals surface area contributed by atoms with Gasteiger partial charge in [-0.2, -0.15) is 0 Å². The molecule has 128 valence electrons. The van der Waals surface area contributed by atoms with Crippen molar-refractivity contribution in [3.05, 3.63) is 39.9 Å². The first kappa shape index (κ1) is 16.4. The van der Waals surface area contributed by atoms with Gasteiger partial charge < -0.3 is 14.3 Å². The van der Waals surface area contributed by atoms with Crippen molar-refractivity contribution in [1.82, 2.24) is 4.98 Å². The van der Waals surface area contributed by atoms with Crippen molar-refractivity contribution in [2.75, 3.05) is 7.11 Å². The van der Waals surface area contributed by atoms with E-state index in [1.807, 2.05) is 24.4 Å². The second-order valence-corrected chi connectivity index (χ2v) is 8.00. The molecular formula is C19H16BrNO3S. The fourth-order valence-electron chi connectivity index (χ4n) is 2.88. The first-order valence-corrected chi connectivity index (χ1v) is 9.48. The second kappa shape index (κ2) is 6.04. The van der Waals surface area contributed by atoms with Crippen LogP contribution in [0.2, 0.25) is 0 Å². The summed E-state index contributed by atoms with van der Waals surface area (Å²) >= 11 is 5.24. The summed E-state index contributed by atoms with van der Waals surface area (Å²) in [7, 11) is 1.63. The number of phenols is 1. The van der Waals surface area contributed by atoms with Crippen molar-refractivity contribution in [3.63, 3.8) is 0 Å². The van der Waals surface area contributed by atoms with Crippen molar-refractivity contribution in [2.45, 2.75) is 19.8 Å². The van der Waals surface area contributed by atoms with Crippen molar-refractivity contribution in [2.24, 2.45) is 0 Å². The minimum Gasteiger partial charge on any atom is -0.504 e. The van der Waals surface area contributed by atoms with Crippen LogP contribution in [-0.4, -0.2) is 17.2 Å². The van der Waals surface area contributed by atoms with Crippen LogP contribution in [0.5, 0.6) is 11.5 Å². The molecule has 0 bridgehead atoms. The Morgan fingerprint density at radius 1 is 1.28 bits per heavy atom. The number of rotatable bonds is 3. The Labute approximate surface area is 157 Å². The van der Waals surface area contributed by atoms with Gasteiger partial charge in [-0.05, 0) is 45.8 Å². The molecule has 6 heteroatoms. The van der Waals surface area contributed by atoms with Gasteiger partial charge in [0, 0.05) is 22.9 Å². The van der Waals surface area contributed by atoms with Gasteiger partial charge in [0.2, 0.25) is 0 Å². The third kappa shape index (κ3) is 2.60. The predicted octanol–water partition coefficient (Wildman–Crippen LogP) is 6.31. The highest BCUT2D eigenvalue weighted by atomic mass is 79.9. The number of methoxy groups -OCH3 is 1. The number of nitrogens with zero attached hydrogens (tertiary/aromatic N) is 1. The van der Waals surface area contributed by atoms with Crippen LogP contribution in [-0.2, 0) is 0 Å². The van der Waals surface area contributed by atoms with Crippen LogP contribution in [0.3, 0.4) is 0 Å². The quantitative estimate of drug-likeness (QED) is 0.424. The first-order chi connectivity index (χ1) is 12.0. The van der Waals surface area contributed by atoms with Crippen LogP contribution in [0.4, 0.5) is 0 Å². The lowest BCUT2D eigenvalue weighted by molar-refractivity contribution is 0.413. The van der Waals surface area contributed by atoms with E-state index in [2.05, 4.69) is 34.8 Å². The smallest absolute Gasteiger partial charge is 0.177 e. The molecule has 4 nitrogen and oxygen atoms in total. The average Bonchev–Trinajstić information content (AvgIpc) is 3.20. The summed E-state index contributed by atoms with van der Waals surface area (Å²) in [5, 5.41) is 13.3. The van der Waals surface area contributed by atoms with Crippen LogP contribution in [0.15, 0.2) is 39.4 Å². The number of benzene rings is 2. The molecule has 0 aliphatic heterocycles. The van der Waals surface area contributed by atoms with Crippen molar-refractivity contribution in [1.29, 1.82) is 0 Å². The monoisotopic (exact) mass is 417 g/mol. The molecule has 2 heterocycles. The number of fused-ring (bicyclic) bond motifs is 3. The Hall–Kier alpha value is -2.05. The first-order valence-electron chi connectivity index (χ1n) is 7.87. The van der Waals surface area contributed by atoms with E-state index < -0.39 is 0 Å². The van der Waals surface area contributed by atoms with Crippen LogP contribution in [0, 0.1) is 0 Å². The third-order valence-corrected chi connectivity index (χ3v) is 6.28. The summed E-state index contributed by atoms with van der Waals surface area (Å²) in [6.07, 6.45) is 1.86. The van der Waals surface area contributed by atoms with Crippen LogP contribution >= 0.6 is 27.3 Å². The molecule has 0 fully saturated rings. The van der Waals surface area contributed by atoms with E-state index in [0.29, 0.717) is 17.1 Å². The van der Waals surface area contributed by atoms with Crippen LogP contribution < -0.4 is 4.74 Å². The average molecular weight is 418 g/mol. The zero-order chi connectivity index (χ0) is 17.7. The second-order valence-electron chi connectivity index (χ2n) is 6.15. The van der Waals surface area contributed by atoms with E-state index in [1.165, 1.54) is 0 Å². The standard InChI is InChI=1S/C19H16BrNO3S/c1-9(2)19-21-8-15(25-19)10-6-11-16-13(24-18(11)12(22)7-10)4-5-14(23-3)17(16)20/h4-9,22H,1-3H3. The fraction of sp³-hybridized carbons (Fsp3) is 0.211. The van der Waals surface area contributed by atoms with Crippen LogP contribution in [0.25, 0.3) is 32.4 Å². The van der Waals surface area contributed by atoms with E-state index in [0.717, 1.165) is 36.4 Å². The molecular weight excluding hydrogens is 402 g/mol. The Balaban J connectivity index is 2.00. The van der Waals surface area contributed by atoms with Gasteiger partial charge in [0.05, 0.1) is 21.5 Å². The van der Waals surface area contributed by atoms with Gasteiger partial charge in [-0.1, -0.05) is 13.8 Å². The Kier molecular flexibility index (Phi) is 3.96. The largest absolute Gasteiger partial charge is 0.504 e. The molecule has 0 aliphatic carbocycles. The van der Waals surface area contributed by atoms with Crippen molar-refractivity contribution >= 4 is 49.2 Å². The van der Waals surface area contributed by atoms with Gasteiger partial charge in [0.15, 0.2) is 11.3 Å². The number of furan rings is 1. The summed E-state index contributed by atoms with van der Waals surface area (Å²) in [5.74, 6) is 1.22. The number of halogens is 1. The normalized spacial score (nSPS) is 11.7. The number of aromatic nitrogens is 1. The Morgan fingerprint density at radius 3 is 2.76 bits per heavy atom. The maximum Gasteiger partial charge on any atom is 0.177 e. The van der Waals surface area contributed by atoms with Gasteiger partial charge >= 0.3 is 0 Å². The molecule has 2 aromatic heterocycles. The molecule has 0 atom stereocenters. The molecule has 1 N–H and O–H groups in total. The minimum absolute atomic E-state index is 0.120. The maximum atomic E-state index is 10.5. The zero-order valence-corrected chi connectivity index (χ0v) is 16.4. The lowest BCUT2D eigenvalue weighted by atomic mass is 10.1. The van der Waals surface area contributed by atoms with E-state index in [1.54, 1.807) is 24.5 Å². The highest BCUT2D eigenvalue weighted by molar-refractivity contribution is 9.10. The highest BCUT2D eigenvalue weighted by Gasteiger charge is 2.18. The number of hydrogen-bond acceptors (Lipinski definition) is 5. The molecule has 0 radical (unpaired) electrons. The van der Waals surface area contributed by atoms with Crippen molar-refractivity contribution in [3.8, 4) is 21.9 Å². The number of phenolic OH excluding ortho intramolecular Hbond substituents is 1. The zero-order valence-electron chi connectivity index (χ0n) is 14.0. The number of ether oxygens (including phenoxy) is 1. The predicted molar refractivity (Wildman–Crippen MR) is 105 cm³/mol. The highest BCUT2D eigenvalue weighted by Crippen LogP contribution is 2.44. The molecule has 0 saturated carbocycles. The molecule has 25 heavy (non-hydrogen) atoms. The summed E-state index contributed by atoms with van der Waals surface area (Å²) in [6.45, 7) is 4.24. The Bertz CT molecular complexity index is 1100. The van der Waals surface area contributed by atoms with Gasteiger partial charge in [0.25, 0.3) is 0 Å². The maximum absolute atomic E-state index is 10.5. The fourth-order valence-corrected chi connectivity index (χ4v) is 4.49. The number of thiazole rings is 1. The summed E-state index contributed by atoms with van der Waals surface area (Å²) < 4.78 is 12.1. The molecule has 2 aromatic carbocycles. The van der Waals surface area contributed by atoms with E-state index in [4.69, 9.17) is 9.15 Å². The summed E-state index contributed by atoms with van der Waals surface area (Å²) in [5.41, 5.74) is 2.09. The summed E-state index contributed by atoms with van der Waals surface area (Å²) in [6, 6.07) is 7.45. The van der Waals surface area contributed by atoms with E-state index in [9.17, 15) is 5.11 Å². The molecule has 0 saturated heterocycles. The third-order valence-electron chi connectivity index (χ3n) is 4.14. The molecule has 0 amide bonds. The molecule has 0 aliphatic rings. The van der Waals surface area contributed by atoms with Crippen LogP contribution in [0.1, 0.15) is 24.8 Å². The lowest BCUT2D eigenvalue weighted by Crippen LogP contribution is -1.84. The summed E-state index contributed by atoms with van der Waals surface area (Å²) in [4.78, 5) is 5.50. The minimum atomic E-state index is 0.120. The Morgan fingerprint density at radius 2 is 2.08 bits per heavy atom. The molecule has 0 spiro atoms. The van der Waals surface area contributed by atoms with E-state index in [-0.39, 0.29) is 5.75 Å². The molecule has 0 unspecified atom stereocenters. The van der Waals surface area contributed by atoms with E-state index >= 15 is 0 Å². The number of hydrogen-bond donors (Lipinski definition) is 1.